The smallest absolute Gasteiger partial charge is 0.322 e. The Hall–Kier alpha value is -4.88. The summed E-state index contributed by atoms with van der Waals surface area (Å²) in [4.78, 5) is 31.7. The molecule has 1 aromatic heterocycles. The molecule has 1 aliphatic carbocycles. The summed E-state index contributed by atoms with van der Waals surface area (Å²) in [7, 11) is -4.44. The van der Waals surface area contributed by atoms with Crippen LogP contribution >= 0.6 is 11.6 Å². The minimum Gasteiger partial charge on any atom is -0.322 e. The molecule has 248 valence electrons. The molecule has 1 fully saturated rings. The summed E-state index contributed by atoms with van der Waals surface area (Å²) in [5.74, 6) is -1.59. The topological polar surface area (TPSA) is 119 Å². The van der Waals surface area contributed by atoms with E-state index in [-0.39, 0.29) is 33.0 Å². The molecule has 0 radical (unpaired) electrons. The van der Waals surface area contributed by atoms with Crippen molar-refractivity contribution in [3.8, 4) is 0 Å². The number of nitrogens with one attached hydrogen (secondary N) is 2. The SMILES string of the molecule is Cc1ccc(S(=O)(=O)On2c(C3(C)CC3)nc3c(C(=O)Nc4cccc(Cl)c4C)cc(NC(=O)c4ccccc4C(F)(F)F)cc32)cc1. The number of alkyl halides is 3. The molecule has 1 saturated carbocycles. The first-order chi connectivity index (χ1) is 22.6. The molecule has 0 bridgehead atoms. The Morgan fingerprint density at radius 1 is 0.917 bits per heavy atom. The van der Waals surface area contributed by atoms with Crippen LogP contribution in [-0.2, 0) is 21.7 Å². The molecule has 5 aromatic rings. The van der Waals surface area contributed by atoms with Gasteiger partial charge in [-0.25, -0.2) is 4.98 Å². The van der Waals surface area contributed by atoms with Crippen LogP contribution in [0, 0.1) is 13.8 Å². The van der Waals surface area contributed by atoms with Gasteiger partial charge < -0.3 is 10.6 Å². The maximum atomic E-state index is 13.9. The van der Waals surface area contributed by atoms with Crippen molar-refractivity contribution >= 4 is 55.9 Å². The highest BCUT2D eigenvalue weighted by atomic mass is 35.5. The van der Waals surface area contributed by atoms with Crippen molar-refractivity contribution in [2.75, 3.05) is 10.6 Å². The van der Waals surface area contributed by atoms with Gasteiger partial charge in [0, 0.05) is 21.8 Å². The van der Waals surface area contributed by atoms with Gasteiger partial charge in [0.2, 0.25) is 0 Å². The van der Waals surface area contributed by atoms with Crippen molar-refractivity contribution in [2.24, 2.45) is 0 Å². The third-order valence-electron chi connectivity index (χ3n) is 8.24. The molecule has 2 N–H and O–H groups in total. The average molecular weight is 697 g/mol. The van der Waals surface area contributed by atoms with E-state index in [0.29, 0.717) is 29.1 Å². The van der Waals surface area contributed by atoms with Gasteiger partial charge in [-0.1, -0.05) is 54.4 Å². The Morgan fingerprint density at radius 3 is 2.25 bits per heavy atom. The van der Waals surface area contributed by atoms with Crippen LogP contribution in [0.15, 0.2) is 83.8 Å². The molecule has 1 aliphatic rings. The molecule has 2 amide bonds. The van der Waals surface area contributed by atoms with E-state index in [1.165, 1.54) is 30.3 Å². The number of aryl methyl sites for hydroxylation is 1. The second-order valence-electron chi connectivity index (χ2n) is 11.9. The van der Waals surface area contributed by atoms with Crippen molar-refractivity contribution in [3.63, 3.8) is 0 Å². The number of benzene rings is 4. The summed E-state index contributed by atoms with van der Waals surface area (Å²) >= 11 is 6.26. The number of amides is 2. The molecule has 0 aliphatic heterocycles. The van der Waals surface area contributed by atoms with Crippen molar-refractivity contribution in [2.45, 2.75) is 50.1 Å². The maximum Gasteiger partial charge on any atom is 0.417 e. The summed E-state index contributed by atoms with van der Waals surface area (Å²) < 4.78 is 75.0. The first kappa shape index (κ1) is 33.0. The second-order valence-corrected chi connectivity index (χ2v) is 13.8. The van der Waals surface area contributed by atoms with Crippen molar-refractivity contribution in [3.05, 3.63) is 118 Å². The predicted octanol–water partition coefficient (Wildman–Crippen LogP) is 7.70. The molecule has 0 spiro atoms. The quantitative estimate of drug-likeness (QED) is 0.172. The van der Waals surface area contributed by atoms with E-state index in [4.69, 9.17) is 20.9 Å². The highest BCUT2D eigenvalue weighted by Crippen LogP contribution is 2.48. The van der Waals surface area contributed by atoms with Crippen LogP contribution in [0.4, 0.5) is 24.5 Å². The van der Waals surface area contributed by atoms with E-state index >= 15 is 0 Å². The number of nitrogens with zero attached hydrogens (tertiary/aromatic N) is 2. The number of imidazole rings is 1. The van der Waals surface area contributed by atoms with Gasteiger partial charge in [-0.3, -0.25) is 13.9 Å². The Balaban J connectivity index is 1.52. The zero-order chi connectivity index (χ0) is 34.6. The largest absolute Gasteiger partial charge is 0.417 e. The minimum absolute atomic E-state index is 0.0105. The lowest BCUT2D eigenvalue weighted by Crippen LogP contribution is -2.25. The zero-order valence-electron chi connectivity index (χ0n) is 25.8. The van der Waals surface area contributed by atoms with Gasteiger partial charge >= 0.3 is 16.3 Å². The van der Waals surface area contributed by atoms with E-state index < -0.39 is 44.7 Å². The number of fused-ring (bicyclic) bond motifs is 1. The summed E-state index contributed by atoms with van der Waals surface area (Å²) in [5, 5.41) is 5.61. The van der Waals surface area contributed by atoms with Crippen LogP contribution in [-0.4, -0.2) is 29.9 Å². The molecule has 4 aromatic carbocycles. The molecule has 14 heteroatoms. The Labute approximate surface area is 278 Å². The fourth-order valence-corrected chi connectivity index (χ4v) is 6.25. The molecule has 1 heterocycles. The van der Waals surface area contributed by atoms with E-state index in [2.05, 4.69) is 10.6 Å². The summed E-state index contributed by atoms with van der Waals surface area (Å²) in [6.07, 6.45) is -3.53. The van der Waals surface area contributed by atoms with Gasteiger partial charge in [0.25, 0.3) is 11.8 Å². The molecule has 0 saturated heterocycles. The Morgan fingerprint density at radius 2 is 1.58 bits per heavy atom. The molecule has 48 heavy (non-hydrogen) atoms. The fraction of sp³-hybridized carbons (Fsp3) is 0.206. The van der Waals surface area contributed by atoms with Gasteiger partial charge in [0.15, 0.2) is 5.82 Å². The number of carbonyl (C=O) groups is 2. The van der Waals surface area contributed by atoms with Crippen LogP contribution in [0.1, 0.15) is 63.0 Å². The predicted molar refractivity (Wildman–Crippen MR) is 175 cm³/mol. The monoisotopic (exact) mass is 696 g/mol. The number of aromatic nitrogens is 2. The van der Waals surface area contributed by atoms with E-state index in [1.54, 1.807) is 44.2 Å². The summed E-state index contributed by atoms with van der Waals surface area (Å²) in [6.45, 7) is 5.36. The van der Waals surface area contributed by atoms with Crippen LogP contribution in [0.3, 0.4) is 0 Å². The molecular weight excluding hydrogens is 669 g/mol. The highest BCUT2D eigenvalue weighted by molar-refractivity contribution is 7.87. The van der Waals surface area contributed by atoms with E-state index in [9.17, 15) is 31.2 Å². The highest BCUT2D eigenvalue weighted by Gasteiger charge is 2.45. The lowest BCUT2D eigenvalue weighted by Gasteiger charge is -2.15. The summed E-state index contributed by atoms with van der Waals surface area (Å²) in [6, 6.07) is 17.7. The third kappa shape index (κ3) is 6.35. The first-order valence-electron chi connectivity index (χ1n) is 14.7. The fourth-order valence-electron chi connectivity index (χ4n) is 5.17. The van der Waals surface area contributed by atoms with Gasteiger partial charge in [-0.05, 0) is 80.8 Å². The maximum absolute atomic E-state index is 13.9. The average Bonchev–Trinajstić information content (AvgIpc) is 3.68. The van der Waals surface area contributed by atoms with Crippen molar-refractivity contribution in [1.29, 1.82) is 0 Å². The van der Waals surface area contributed by atoms with Crippen molar-refractivity contribution in [1.82, 2.24) is 9.71 Å². The zero-order valence-corrected chi connectivity index (χ0v) is 27.3. The number of anilines is 2. The lowest BCUT2D eigenvalue weighted by molar-refractivity contribution is -0.137. The lowest BCUT2D eigenvalue weighted by atomic mass is 10.1. The number of hydrogen-bond donors (Lipinski definition) is 2. The van der Waals surface area contributed by atoms with Gasteiger partial charge in [0.1, 0.15) is 15.9 Å². The molecule has 9 nitrogen and oxygen atoms in total. The van der Waals surface area contributed by atoms with E-state index in [1.807, 2.05) is 6.92 Å². The minimum atomic E-state index is -4.82. The van der Waals surface area contributed by atoms with Crippen molar-refractivity contribution < 1.29 is 35.5 Å². The van der Waals surface area contributed by atoms with Crippen LogP contribution in [0.25, 0.3) is 11.0 Å². The standard InChI is InChI=1S/C34H28ClF3N4O5S/c1-19-11-13-22(14-12-19)48(45,46)47-42-28-18-21(39-30(43)23-7-4-5-8-25(23)34(36,37)38)17-24(29(28)41-32(42)33(3)15-16-33)31(44)40-27-10-6-9-26(35)20(27)2/h4-14,17-18H,15-16H2,1-3H3,(H,39,43)(H,40,44). The van der Waals surface area contributed by atoms with Crippen LogP contribution in [0.2, 0.25) is 5.02 Å². The molecule has 0 unspecified atom stereocenters. The second kappa shape index (κ2) is 12.0. The van der Waals surface area contributed by atoms with Gasteiger partial charge in [-0.15, -0.1) is 4.73 Å². The number of hydrogen-bond acceptors (Lipinski definition) is 6. The Bertz CT molecular complexity index is 2210. The molecule has 6 rings (SSSR count). The Kier molecular flexibility index (Phi) is 8.24. The van der Waals surface area contributed by atoms with Gasteiger partial charge in [0.05, 0.1) is 16.7 Å². The van der Waals surface area contributed by atoms with Crippen LogP contribution < -0.4 is 14.9 Å². The van der Waals surface area contributed by atoms with Crippen LogP contribution in [0.5, 0.6) is 0 Å². The van der Waals surface area contributed by atoms with Gasteiger partial charge in [-0.2, -0.15) is 21.6 Å². The molecule has 0 atom stereocenters. The number of rotatable bonds is 8. The summed E-state index contributed by atoms with van der Waals surface area (Å²) in [5.41, 5.74) is -0.813. The third-order valence-corrected chi connectivity index (χ3v) is 9.84. The number of halogens is 4. The first-order valence-corrected chi connectivity index (χ1v) is 16.5. The number of carbonyl (C=O) groups excluding carboxylic acids is 2. The molecular formula is C34H28ClF3N4O5S. The van der Waals surface area contributed by atoms with E-state index in [0.717, 1.165) is 28.5 Å². The normalized spacial score (nSPS) is 14.1.